The van der Waals surface area contributed by atoms with Crippen molar-refractivity contribution in [2.45, 2.75) is 76.5 Å². The first-order valence-corrected chi connectivity index (χ1v) is 15.7. The Morgan fingerprint density at radius 1 is 1.04 bits per heavy atom. The van der Waals surface area contributed by atoms with E-state index < -0.39 is 11.8 Å². The molecule has 1 saturated heterocycles. The molecule has 46 heavy (non-hydrogen) atoms. The SMILES string of the molecule is C=CCOc1c(C)c2c(c3c1C[C@H]1C4c5c(cc(C)c(OC)c5OCOC)C[C@@H]([C@H](C#N)N1[C@H]3COC(C)(C)OC)N4C)OCO2. The molecule has 0 aromatic heterocycles. The second-order valence-corrected chi connectivity index (χ2v) is 12.8. The molecule has 11 nitrogen and oxygen atoms in total. The molecule has 248 valence electrons. The number of hydrogen-bond donors (Lipinski definition) is 0. The van der Waals surface area contributed by atoms with Gasteiger partial charge >= 0.3 is 0 Å². The van der Waals surface area contributed by atoms with Gasteiger partial charge in [-0.05, 0) is 58.7 Å². The van der Waals surface area contributed by atoms with E-state index in [4.69, 9.17) is 37.9 Å². The van der Waals surface area contributed by atoms with Crippen molar-refractivity contribution in [3.8, 4) is 34.8 Å². The second kappa shape index (κ2) is 12.6. The van der Waals surface area contributed by atoms with Gasteiger partial charge in [0.2, 0.25) is 6.79 Å². The third kappa shape index (κ3) is 5.07. The Morgan fingerprint density at radius 2 is 1.80 bits per heavy atom. The van der Waals surface area contributed by atoms with Crippen molar-refractivity contribution in [1.29, 1.82) is 5.26 Å². The highest BCUT2D eigenvalue weighted by atomic mass is 16.7. The zero-order chi connectivity index (χ0) is 32.9. The lowest BCUT2D eigenvalue weighted by atomic mass is 9.71. The first kappa shape index (κ1) is 32.4. The summed E-state index contributed by atoms with van der Waals surface area (Å²) in [5, 5.41) is 10.9. The van der Waals surface area contributed by atoms with Gasteiger partial charge in [0.1, 0.15) is 18.4 Å². The van der Waals surface area contributed by atoms with Gasteiger partial charge in [0.15, 0.2) is 35.6 Å². The van der Waals surface area contributed by atoms with Gasteiger partial charge in [-0.25, -0.2) is 0 Å². The Balaban J connectivity index is 1.61. The van der Waals surface area contributed by atoms with Crippen LogP contribution in [0.3, 0.4) is 0 Å². The molecule has 2 aromatic rings. The maximum absolute atomic E-state index is 10.9. The van der Waals surface area contributed by atoms with Crippen LogP contribution in [0, 0.1) is 25.2 Å². The predicted molar refractivity (Wildman–Crippen MR) is 170 cm³/mol. The van der Waals surface area contributed by atoms with Gasteiger partial charge in [-0.2, -0.15) is 5.26 Å². The lowest BCUT2D eigenvalue weighted by molar-refractivity contribution is -0.212. The Kier molecular flexibility index (Phi) is 8.87. The molecule has 5 atom stereocenters. The van der Waals surface area contributed by atoms with E-state index in [0.717, 1.165) is 39.1 Å². The number of fused-ring (bicyclic) bond motifs is 9. The number of ether oxygens (including phenoxy) is 8. The smallest absolute Gasteiger partial charge is 0.231 e. The van der Waals surface area contributed by atoms with Crippen LogP contribution in [-0.4, -0.2) is 88.9 Å². The summed E-state index contributed by atoms with van der Waals surface area (Å²) in [6.45, 7) is 12.5. The van der Waals surface area contributed by atoms with Gasteiger partial charge in [0.05, 0.1) is 31.9 Å². The molecule has 4 heterocycles. The fourth-order valence-electron chi connectivity index (χ4n) is 7.90. The highest BCUT2D eigenvalue weighted by Crippen LogP contribution is 2.58. The summed E-state index contributed by atoms with van der Waals surface area (Å²) in [6, 6.07) is 3.67. The average Bonchev–Trinajstić information content (AvgIpc) is 3.53. The molecular weight excluding hydrogens is 590 g/mol. The number of nitrogens with zero attached hydrogens (tertiary/aromatic N) is 3. The minimum atomic E-state index is -0.857. The quantitative estimate of drug-likeness (QED) is 0.252. The fourth-order valence-corrected chi connectivity index (χ4v) is 7.90. The van der Waals surface area contributed by atoms with Gasteiger partial charge in [-0.15, -0.1) is 0 Å². The first-order chi connectivity index (χ1) is 22.1. The molecule has 2 aromatic carbocycles. The molecule has 0 spiro atoms. The molecule has 0 N–H and O–H groups in total. The summed E-state index contributed by atoms with van der Waals surface area (Å²) < 4.78 is 48.4. The number of hydrogen-bond acceptors (Lipinski definition) is 11. The summed E-state index contributed by atoms with van der Waals surface area (Å²) in [5.74, 6) is 2.60. The Bertz CT molecular complexity index is 1550. The van der Waals surface area contributed by atoms with Crippen LogP contribution in [0.2, 0.25) is 0 Å². The second-order valence-electron chi connectivity index (χ2n) is 12.8. The number of aryl methyl sites for hydroxylation is 1. The summed E-state index contributed by atoms with van der Waals surface area (Å²) in [5.41, 5.74) is 6.01. The number of benzene rings is 2. The maximum Gasteiger partial charge on any atom is 0.231 e. The van der Waals surface area contributed by atoms with Crippen molar-refractivity contribution in [1.82, 2.24) is 9.80 Å². The topological polar surface area (TPSA) is 104 Å². The van der Waals surface area contributed by atoms with Gasteiger partial charge in [-0.1, -0.05) is 18.7 Å². The number of nitriles is 1. The molecule has 4 aliphatic rings. The van der Waals surface area contributed by atoms with Gasteiger partial charge < -0.3 is 37.9 Å². The minimum absolute atomic E-state index is 0.0783. The third-order valence-corrected chi connectivity index (χ3v) is 9.99. The van der Waals surface area contributed by atoms with Crippen molar-refractivity contribution in [3.63, 3.8) is 0 Å². The van der Waals surface area contributed by atoms with E-state index in [-0.39, 0.29) is 44.4 Å². The predicted octanol–water partition coefficient (Wildman–Crippen LogP) is 4.76. The molecule has 0 radical (unpaired) electrons. The van der Waals surface area contributed by atoms with Crippen molar-refractivity contribution in [2.75, 3.05) is 55.2 Å². The van der Waals surface area contributed by atoms with Crippen LogP contribution >= 0.6 is 0 Å². The van der Waals surface area contributed by atoms with E-state index in [0.29, 0.717) is 42.4 Å². The molecule has 4 aliphatic heterocycles. The van der Waals surface area contributed by atoms with Crippen LogP contribution < -0.4 is 23.7 Å². The summed E-state index contributed by atoms with van der Waals surface area (Å²) in [4.78, 5) is 4.69. The van der Waals surface area contributed by atoms with E-state index in [1.165, 1.54) is 0 Å². The fraction of sp³-hybridized carbons (Fsp3) is 0.571. The van der Waals surface area contributed by atoms with Crippen molar-refractivity contribution >= 4 is 0 Å². The molecule has 6 rings (SSSR count). The molecule has 2 bridgehead atoms. The van der Waals surface area contributed by atoms with Crippen molar-refractivity contribution in [3.05, 3.63) is 52.1 Å². The monoisotopic (exact) mass is 635 g/mol. The zero-order valence-electron chi connectivity index (χ0n) is 28.1. The van der Waals surface area contributed by atoms with Gasteiger partial charge in [0, 0.05) is 48.6 Å². The van der Waals surface area contributed by atoms with E-state index in [9.17, 15) is 5.26 Å². The van der Waals surface area contributed by atoms with Crippen LogP contribution in [0.25, 0.3) is 0 Å². The van der Waals surface area contributed by atoms with Crippen LogP contribution in [-0.2, 0) is 27.1 Å². The van der Waals surface area contributed by atoms with E-state index >= 15 is 0 Å². The first-order valence-electron chi connectivity index (χ1n) is 15.7. The highest BCUT2D eigenvalue weighted by molar-refractivity contribution is 5.66. The van der Waals surface area contributed by atoms with E-state index in [2.05, 4.69) is 35.6 Å². The average molecular weight is 636 g/mol. The number of rotatable bonds is 11. The van der Waals surface area contributed by atoms with Crippen molar-refractivity contribution < 1.29 is 37.9 Å². The molecule has 1 unspecified atom stereocenters. The van der Waals surface area contributed by atoms with E-state index in [1.807, 2.05) is 27.7 Å². The van der Waals surface area contributed by atoms with E-state index in [1.54, 1.807) is 27.4 Å². The Morgan fingerprint density at radius 3 is 2.48 bits per heavy atom. The maximum atomic E-state index is 10.9. The molecule has 0 aliphatic carbocycles. The summed E-state index contributed by atoms with van der Waals surface area (Å²) >= 11 is 0. The lowest BCUT2D eigenvalue weighted by Crippen LogP contribution is -2.68. The normalized spacial score (nSPS) is 24.8. The molecule has 0 amide bonds. The van der Waals surface area contributed by atoms with Crippen molar-refractivity contribution in [2.24, 2.45) is 0 Å². The number of methoxy groups -OCH3 is 3. The lowest BCUT2D eigenvalue weighted by Gasteiger charge is -2.60. The minimum Gasteiger partial charge on any atom is -0.493 e. The molecule has 1 fully saturated rings. The van der Waals surface area contributed by atoms with Crippen LogP contribution in [0.4, 0.5) is 0 Å². The van der Waals surface area contributed by atoms with Gasteiger partial charge in [-0.3, -0.25) is 9.80 Å². The Labute approximate surface area is 271 Å². The van der Waals surface area contributed by atoms with Gasteiger partial charge in [0.25, 0.3) is 0 Å². The molecular formula is C35H45N3O8. The zero-order valence-corrected chi connectivity index (χ0v) is 28.1. The van der Waals surface area contributed by atoms with Crippen LogP contribution in [0.15, 0.2) is 18.7 Å². The summed E-state index contributed by atoms with van der Waals surface area (Å²) in [7, 11) is 7.02. The summed E-state index contributed by atoms with van der Waals surface area (Å²) in [6.07, 6.45) is 2.99. The molecule has 0 saturated carbocycles. The highest BCUT2D eigenvalue weighted by Gasteiger charge is 2.57. The third-order valence-electron chi connectivity index (χ3n) is 9.99. The standard InChI is InChI=1S/C35H45N3O8/c1-10-11-42-31-20(3)32-34(45-18-44-32)28-22(31)14-24-29-27-21(12-19(2)30(40-8)33(27)43-17-39-7)13-23(37(29)6)25(15-36)38(24)26(28)16-46-35(4,5)41-9/h10,12,23-26,29H,1,11,13-14,16-18H2,2-9H3/t23-,24-,25-,26-,29?/m0/s1. The van der Waals surface area contributed by atoms with Crippen LogP contribution in [0.5, 0.6) is 28.7 Å². The Hall–Kier alpha value is -3.53. The molecule has 11 heteroatoms. The van der Waals surface area contributed by atoms with Crippen LogP contribution in [0.1, 0.15) is 59.3 Å². The number of piperazine rings is 1. The number of likely N-dealkylation sites (N-methyl/N-ethyl adjacent to an activating group) is 1. The largest absolute Gasteiger partial charge is 0.493 e.